The Hall–Kier alpha value is -0.700. The van der Waals surface area contributed by atoms with Gasteiger partial charge in [0.2, 0.25) is 0 Å². The summed E-state index contributed by atoms with van der Waals surface area (Å²) < 4.78 is 0. The highest BCUT2D eigenvalue weighted by atomic mass is 16.3. The molecule has 2 aliphatic carbocycles. The van der Waals surface area contributed by atoms with E-state index in [4.69, 9.17) is 5.73 Å². The molecule has 0 radical (unpaired) electrons. The Morgan fingerprint density at radius 1 is 1.44 bits per heavy atom. The summed E-state index contributed by atoms with van der Waals surface area (Å²) in [6.45, 7) is 8.66. The van der Waals surface area contributed by atoms with Crippen LogP contribution < -0.4 is 5.73 Å². The van der Waals surface area contributed by atoms with Crippen LogP contribution >= 0.6 is 0 Å². The highest BCUT2D eigenvalue weighted by molar-refractivity contribution is 5.25. The molecule has 0 aromatic carbocycles. The molecular formula is C15H26N2O. The summed E-state index contributed by atoms with van der Waals surface area (Å²) in [5.41, 5.74) is 7.08. The quantitative estimate of drug-likeness (QED) is 0.601. The number of rotatable bonds is 2. The molecule has 0 aromatic heterocycles. The molecule has 0 aliphatic heterocycles. The molecule has 102 valence electrons. The largest absolute Gasteiger partial charge is 0.322 e. The van der Waals surface area contributed by atoms with E-state index in [2.05, 4.69) is 32.0 Å². The Labute approximate surface area is 110 Å². The first kappa shape index (κ1) is 13.7. The van der Waals surface area contributed by atoms with Gasteiger partial charge in [-0.2, -0.15) is 4.91 Å². The Morgan fingerprint density at radius 2 is 2.11 bits per heavy atom. The molecule has 2 aliphatic rings. The fraction of sp³-hybridized carbons (Fsp3) is 0.867. The third-order valence-corrected chi connectivity index (χ3v) is 5.48. The lowest BCUT2D eigenvalue weighted by Crippen LogP contribution is -2.67. The predicted octanol–water partition coefficient (Wildman–Crippen LogP) is 3.63. The topological polar surface area (TPSA) is 55.5 Å². The minimum atomic E-state index is -0.597. The molecule has 0 heterocycles. The summed E-state index contributed by atoms with van der Waals surface area (Å²) >= 11 is 0. The maximum Gasteiger partial charge on any atom is 0.118 e. The summed E-state index contributed by atoms with van der Waals surface area (Å²) in [7, 11) is 0. The monoisotopic (exact) mass is 250 g/mol. The van der Waals surface area contributed by atoms with E-state index in [1.807, 2.05) is 6.92 Å². The van der Waals surface area contributed by atoms with Gasteiger partial charge in [-0.3, -0.25) is 0 Å². The fourth-order valence-electron chi connectivity index (χ4n) is 3.98. The molecule has 3 heteroatoms. The SMILES string of the molecule is CC1=C[C@@H]2[C@@H](C(C)C)CC[C@@](C)(N=O)[C@]2(N)CC1. The first-order valence-corrected chi connectivity index (χ1v) is 7.15. The minimum Gasteiger partial charge on any atom is -0.322 e. The lowest BCUT2D eigenvalue weighted by atomic mass is 9.53. The van der Waals surface area contributed by atoms with E-state index in [1.54, 1.807) is 0 Å². The molecule has 3 nitrogen and oxygen atoms in total. The van der Waals surface area contributed by atoms with Crippen molar-refractivity contribution < 1.29 is 0 Å². The van der Waals surface area contributed by atoms with Crippen LogP contribution in [0.1, 0.15) is 53.4 Å². The second kappa shape index (κ2) is 4.44. The summed E-state index contributed by atoms with van der Waals surface area (Å²) in [4.78, 5) is 11.3. The normalized spacial score (nSPS) is 44.4. The number of nitroso groups, excluding NO2 is 1. The zero-order chi connectivity index (χ0) is 13.6. The smallest absolute Gasteiger partial charge is 0.118 e. The number of allylic oxidation sites excluding steroid dienone is 1. The van der Waals surface area contributed by atoms with Crippen molar-refractivity contribution in [2.45, 2.75) is 64.5 Å². The van der Waals surface area contributed by atoms with Crippen molar-refractivity contribution in [3.05, 3.63) is 16.6 Å². The Morgan fingerprint density at radius 3 is 2.67 bits per heavy atom. The van der Waals surface area contributed by atoms with Crippen molar-refractivity contribution in [2.75, 3.05) is 0 Å². The number of hydrogen-bond donors (Lipinski definition) is 1. The Bertz CT molecular complexity index is 377. The standard InChI is InChI=1S/C15H26N2O/c1-10(2)12-6-7-14(4,17-18)15(16)8-5-11(3)9-13(12)15/h9-10,12-13H,5-8,16H2,1-4H3/t12-,13-,14-,15+/m1/s1. The fourth-order valence-corrected chi connectivity index (χ4v) is 3.98. The zero-order valence-electron chi connectivity index (χ0n) is 12.1. The molecule has 2 rings (SSSR count). The molecule has 2 N–H and O–H groups in total. The summed E-state index contributed by atoms with van der Waals surface area (Å²) in [5, 5.41) is 3.45. The van der Waals surface area contributed by atoms with Gasteiger partial charge in [0, 0.05) is 5.92 Å². The molecule has 0 bridgehead atoms. The van der Waals surface area contributed by atoms with Gasteiger partial charge in [-0.1, -0.05) is 30.7 Å². The first-order chi connectivity index (χ1) is 8.34. The number of hydrogen-bond acceptors (Lipinski definition) is 3. The van der Waals surface area contributed by atoms with Crippen LogP contribution in [0.2, 0.25) is 0 Å². The maximum atomic E-state index is 11.3. The molecule has 0 spiro atoms. The molecule has 4 atom stereocenters. The van der Waals surface area contributed by atoms with E-state index in [-0.39, 0.29) is 0 Å². The van der Waals surface area contributed by atoms with E-state index in [0.29, 0.717) is 17.8 Å². The van der Waals surface area contributed by atoms with Crippen LogP contribution in [-0.4, -0.2) is 11.1 Å². The molecule has 0 aromatic rings. The van der Waals surface area contributed by atoms with E-state index < -0.39 is 11.1 Å². The molecule has 1 saturated carbocycles. The van der Waals surface area contributed by atoms with Crippen molar-refractivity contribution in [3.63, 3.8) is 0 Å². The van der Waals surface area contributed by atoms with Gasteiger partial charge >= 0.3 is 0 Å². The second-order valence-corrected chi connectivity index (χ2v) is 6.89. The molecule has 1 fully saturated rings. The maximum absolute atomic E-state index is 11.3. The molecule has 18 heavy (non-hydrogen) atoms. The highest BCUT2D eigenvalue weighted by Crippen LogP contribution is 2.52. The van der Waals surface area contributed by atoms with Gasteiger partial charge in [-0.05, 0) is 51.4 Å². The van der Waals surface area contributed by atoms with Gasteiger partial charge < -0.3 is 5.73 Å². The van der Waals surface area contributed by atoms with Crippen LogP contribution in [0.5, 0.6) is 0 Å². The van der Waals surface area contributed by atoms with Crippen molar-refractivity contribution in [1.29, 1.82) is 0 Å². The predicted molar refractivity (Wildman–Crippen MR) is 75.2 cm³/mol. The Balaban J connectivity index is 2.45. The lowest BCUT2D eigenvalue weighted by molar-refractivity contribution is 0.0380. The van der Waals surface area contributed by atoms with Crippen molar-refractivity contribution in [3.8, 4) is 0 Å². The number of nitrogens with zero attached hydrogens (tertiary/aromatic N) is 1. The van der Waals surface area contributed by atoms with Crippen LogP contribution in [0.4, 0.5) is 0 Å². The van der Waals surface area contributed by atoms with Crippen LogP contribution in [0.25, 0.3) is 0 Å². The number of nitrogens with two attached hydrogens (primary N) is 1. The number of fused-ring (bicyclic) bond motifs is 1. The van der Waals surface area contributed by atoms with Crippen LogP contribution in [0, 0.1) is 22.7 Å². The lowest BCUT2D eigenvalue weighted by Gasteiger charge is -2.55. The third kappa shape index (κ3) is 1.83. The van der Waals surface area contributed by atoms with Gasteiger partial charge in [0.25, 0.3) is 0 Å². The van der Waals surface area contributed by atoms with Gasteiger partial charge in [0.05, 0.1) is 5.54 Å². The molecule has 0 amide bonds. The average molecular weight is 250 g/mol. The van der Waals surface area contributed by atoms with Gasteiger partial charge in [0.1, 0.15) is 5.54 Å². The van der Waals surface area contributed by atoms with Gasteiger partial charge in [0.15, 0.2) is 0 Å². The summed E-state index contributed by atoms with van der Waals surface area (Å²) in [6.07, 6.45) is 6.12. The summed E-state index contributed by atoms with van der Waals surface area (Å²) in [5.74, 6) is 1.50. The van der Waals surface area contributed by atoms with E-state index in [1.165, 1.54) is 5.57 Å². The van der Waals surface area contributed by atoms with Crippen LogP contribution in [-0.2, 0) is 0 Å². The van der Waals surface area contributed by atoms with Gasteiger partial charge in [-0.25, -0.2) is 0 Å². The third-order valence-electron chi connectivity index (χ3n) is 5.48. The van der Waals surface area contributed by atoms with Crippen LogP contribution in [0.3, 0.4) is 0 Å². The van der Waals surface area contributed by atoms with Gasteiger partial charge in [-0.15, -0.1) is 0 Å². The zero-order valence-corrected chi connectivity index (χ0v) is 12.1. The summed E-state index contributed by atoms with van der Waals surface area (Å²) in [6, 6.07) is 0. The average Bonchev–Trinajstić information content (AvgIpc) is 2.32. The minimum absolute atomic E-state index is 0.308. The Kier molecular flexibility index (Phi) is 3.39. The van der Waals surface area contributed by atoms with E-state index in [0.717, 1.165) is 25.7 Å². The van der Waals surface area contributed by atoms with Crippen LogP contribution in [0.15, 0.2) is 16.8 Å². The molecular weight excluding hydrogens is 224 g/mol. The first-order valence-electron chi connectivity index (χ1n) is 7.15. The molecule has 0 saturated heterocycles. The highest BCUT2D eigenvalue weighted by Gasteiger charge is 2.57. The molecule has 0 unspecified atom stereocenters. The second-order valence-electron chi connectivity index (χ2n) is 6.89. The van der Waals surface area contributed by atoms with Crippen molar-refractivity contribution in [1.82, 2.24) is 0 Å². The van der Waals surface area contributed by atoms with Crippen molar-refractivity contribution in [2.24, 2.45) is 28.7 Å². The van der Waals surface area contributed by atoms with Crippen molar-refractivity contribution >= 4 is 0 Å². The van der Waals surface area contributed by atoms with E-state index in [9.17, 15) is 4.91 Å². The van der Waals surface area contributed by atoms with E-state index >= 15 is 0 Å².